The molecular formula is C10H18N4. The van der Waals surface area contributed by atoms with Gasteiger partial charge in [-0.3, -0.25) is 0 Å². The summed E-state index contributed by atoms with van der Waals surface area (Å²) in [5, 5.41) is 0. The molecular weight excluding hydrogens is 176 g/mol. The van der Waals surface area contributed by atoms with Gasteiger partial charge in [-0.05, 0) is 20.3 Å². The molecule has 0 atom stereocenters. The average molecular weight is 194 g/mol. The van der Waals surface area contributed by atoms with Crippen LogP contribution < -0.4 is 10.6 Å². The zero-order valence-electron chi connectivity index (χ0n) is 9.28. The van der Waals surface area contributed by atoms with E-state index >= 15 is 0 Å². The second-order valence-electron chi connectivity index (χ2n) is 4.03. The topological polar surface area (TPSA) is 55.0 Å². The first-order valence-corrected chi connectivity index (χ1v) is 4.78. The van der Waals surface area contributed by atoms with E-state index in [0.717, 1.165) is 12.2 Å². The van der Waals surface area contributed by atoms with E-state index in [1.807, 2.05) is 7.05 Å². The van der Waals surface area contributed by atoms with Gasteiger partial charge in [0.1, 0.15) is 18.0 Å². The van der Waals surface area contributed by atoms with Crippen molar-refractivity contribution in [3.8, 4) is 0 Å². The molecule has 1 heterocycles. The normalized spacial score (nSPS) is 11.4. The van der Waals surface area contributed by atoms with Gasteiger partial charge < -0.3 is 10.6 Å². The quantitative estimate of drug-likeness (QED) is 0.795. The largest absolute Gasteiger partial charge is 0.384 e. The fourth-order valence-electron chi connectivity index (χ4n) is 1.09. The zero-order chi connectivity index (χ0) is 10.8. The van der Waals surface area contributed by atoms with Crippen molar-refractivity contribution < 1.29 is 0 Å². The number of anilines is 2. The standard InChI is InChI=1S/C10H18N4/c1-5-10(2,3)14(4)9-6-8(11)12-7-13-9/h6-7H,5H2,1-4H3,(H2,11,12,13). The van der Waals surface area contributed by atoms with Crippen molar-refractivity contribution in [2.75, 3.05) is 17.7 Å². The summed E-state index contributed by atoms with van der Waals surface area (Å²) in [4.78, 5) is 10.2. The molecule has 0 aliphatic carbocycles. The van der Waals surface area contributed by atoms with Gasteiger partial charge in [0, 0.05) is 18.7 Å². The molecule has 1 aromatic heterocycles. The lowest BCUT2D eigenvalue weighted by molar-refractivity contribution is 0.467. The highest BCUT2D eigenvalue weighted by Gasteiger charge is 2.22. The van der Waals surface area contributed by atoms with Crippen LogP contribution in [0.5, 0.6) is 0 Å². The maximum Gasteiger partial charge on any atom is 0.134 e. The van der Waals surface area contributed by atoms with Crippen LogP contribution in [0.25, 0.3) is 0 Å². The van der Waals surface area contributed by atoms with Crippen molar-refractivity contribution in [1.29, 1.82) is 0 Å². The summed E-state index contributed by atoms with van der Waals surface area (Å²) in [6.45, 7) is 6.50. The highest BCUT2D eigenvalue weighted by Crippen LogP contribution is 2.22. The lowest BCUT2D eigenvalue weighted by atomic mass is 10.0. The van der Waals surface area contributed by atoms with Gasteiger partial charge >= 0.3 is 0 Å². The van der Waals surface area contributed by atoms with Crippen molar-refractivity contribution >= 4 is 11.6 Å². The Bertz CT molecular complexity index is 309. The Hall–Kier alpha value is -1.32. The van der Waals surface area contributed by atoms with Crippen LogP contribution in [-0.2, 0) is 0 Å². The molecule has 4 nitrogen and oxygen atoms in total. The molecule has 14 heavy (non-hydrogen) atoms. The van der Waals surface area contributed by atoms with E-state index in [1.54, 1.807) is 6.07 Å². The summed E-state index contributed by atoms with van der Waals surface area (Å²) in [5.41, 5.74) is 5.69. The molecule has 1 rings (SSSR count). The predicted octanol–water partition coefficient (Wildman–Crippen LogP) is 1.68. The minimum absolute atomic E-state index is 0.0841. The van der Waals surface area contributed by atoms with Crippen molar-refractivity contribution in [3.63, 3.8) is 0 Å². The van der Waals surface area contributed by atoms with Crippen molar-refractivity contribution in [2.24, 2.45) is 0 Å². The smallest absolute Gasteiger partial charge is 0.134 e. The highest BCUT2D eigenvalue weighted by molar-refractivity contribution is 5.47. The van der Waals surface area contributed by atoms with E-state index < -0.39 is 0 Å². The monoisotopic (exact) mass is 194 g/mol. The molecule has 78 valence electrons. The molecule has 0 aliphatic rings. The van der Waals surface area contributed by atoms with Gasteiger partial charge in [0.05, 0.1) is 0 Å². The maximum absolute atomic E-state index is 5.60. The van der Waals surface area contributed by atoms with Crippen LogP contribution in [0.3, 0.4) is 0 Å². The Morgan fingerprint density at radius 3 is 2.57 bits per heavy atom. The first-order chi connectivity index (χ1) is 6.47. The van der Waals surface area contributed by atoms with Gasteiger partial charge in [-0.1, -0.05) is 6.92 Å². The fourth-order valence-corrected chi connectivity index (χ4v) is 1.09. The van der Waals surface area contributed by atoms with Crippen molar-refractivity contribution in [1.82, 2.24) is 9.97 Å². The number of aromatic nitrogens is 2. The van der Waals surface area contributed by atoms with Crippen LogP contribution in [0.1, 0.15) is 27.2 Å². The van der Waals surface area contributed by atoms with Gasteiger partial charge in [-0.2, -0.15) is 0 Å². The Morgan fingerprint density at radius 1 is 1.43 bits per heavy atom. The molecule has 0 radical (unpaired) electrons. The minimum atomic E-state index is 0.0841. The molecule has 4 heteroatoms. The van der Waals surface area contributed by atoms with Gasteiger partial charge in [-0.25, -0.2) is 9.97 Å². The summed E-state index contributed by atoms with van der Waals surface area (Å²) < 4.78 is 0. The first-order valence-electron chi connectivity index (χ1n) is 4.78. The van der Waals surface area contributed by atoms with Crippen molar-refractivity contribution in [2.45, 2.75) is 32.7 Å². The van der Waals surface area contributed by atoms with E-state index in [2.05, 4.69) is 35.6 Å². The van der Waals surface area contributed by atoms with Gasteiger partial charge in [0.2, 0.25) is 0 Å². The molecule has 0 aromatic carbocycles. The zero-order valence-corrected chi connectivity index (χ0v) is 9.28. The molecule has 0 fully saturated rings. The third-order valence-electron chi connectivity index (χ3n) is 2.79. The van der Waals surface area contributed by atoms with Gasteiger partial charge in [0.15, 0.2) is 0 Å². The average Bonchev–Trinajstić information content (AvgIpc) is 2.16. The molecule has 0 saturated heterocycles. The van der Waals surface area contributed by atoms with Crippen LogP contribution in [-0.4, -0.2) is 22.6 Å². The molecule has 0 unspecified atom stereocenters. The fraction of sp³-hybridized carbons (Fsp3) is 0.600. The number of nitrogens with zero attached hydrogens (tertiary/aromatic N) is 3. The third kappa shape index (κ3) is 2.13. The van der Waals surface area contributed by atoms with E-state index in [9.17, 15) is 0 Å². The number of rotatable bonds is 3. The Balaban J connectivity index is 2.94. The number of nitrogen functional groups attached to an aromatic ring is 1. The lowest BCUT2D eigenvalue weighted by Gasteiger charge is -2.35. The first kappa shape index (κ1) is 10.8. The molecule has 0 bridgehead atoms. The second kappa shape index (κ2) is 3.82. The number of nitrogens with two attached hydrogens (primary N) is 1. The van der Waals surface area contributed by atoms with E-state index in [0.29, 0.717) is 5.82 Å². The summed E-state index contributed by atoms with van der Waals surface area (Å²) in [6.07, 6.45) is 2.54. The SMILES string of the molecule is CCC(C)(C)N(C)c1cc(N)ncn1. The Labute approximate surface area is 85.2 Å². The molecule has 0 aliphatic heterocycles. The lowest BCUT2D eigenvalue weighted by Crippen LogP contribution is -2.41. The molecule has 2 N–H and O–H groups in total. The van der Waals surface area contributed by atoms with Crippen molar-refractivity contribution in [3.05, 3.63) is 12.4 Å². The second-order valence-corrected chi connectivity index (χ2v) is 4.03. The summed E-state index contributed by atoms with van der Waals surface area (Å²) >= 11 is 0. The minimum Gasteiger partial charge on any atom is -0.384 e. The molecule has 0 saturated carbocycles. The third-order valence-corrected chi connectivity index (χ3v) is 2.79. The van der Waals surface area contributed by atoms with E-state index in [-0.39, 0.29) is 5.54 Å². The molecule has 0 spiro atoms. The predicted molar refractivity (Wildman–Crippen MR) is 59.2 cm³/mol. The van der Waals surface area contributed by atoms with Crippen LogP contribution in [0, 0.1) is 0 Å². The number of hydrogen-bond donors (Lipinski definition) is 1. The summed E-state index contributed by atoms with van der Waals surface area (Å²) in [6, 6.07) is 1.79. The van der Waals surface area contributed by atoms with E-state index in [1.165, 1.54) is 6.33 Å². The number of hydrogen-bond acceptors (Lipinski definition) is 4. The Kier molecular flexibility index (Phi) is 2.93. The maximum atomic E-state index is 5.60. The van der Waals surface area contributed by atoms with Crippen LogP contribution >= 0.6 is 0 Å². The van der Waals surface area contributed by atoms with Gasteiger partial charge in [0.25, 0.3) is 0 Å². The Morgan fingerprint density at radius 2 is 2.07 bits per heavy atom. The van der Waals surface area contributed by atoms with E-state index in [4.69, 9.17) is 5.73 Å². The molecule has 1 aromatic rings. The van der Waals surface area contributed by atoms with Crippen LogP contribution in [0.15, 0.2) is 12.4 Å². The summed E-state index contributed by atoms with van der Waals surface area (Å²) in [5.74, 6) is 1.37. The van der Waals surface area contributed by atoms with Crippen LogP contribution in [0.2, 0.25) is 0 Å². The van der Waals surface area contributed by atoms with Crippen LogP contribution in [0.4, 0.5) is 11.6 Å². The molecule has 0 amide bonds. The van der Waals surface area contributed by atoms with Gasteiger partial charge in [-0.15, -0.1) is 0 Å². The summed E-state index contributed by atoms with van der Waals surface area (Å²) in [7, 11) is 2.02. The highest BCUT2D eigenvalue weighted by atomic mass is 15.2.